The Morgan fingerprint density at radius 2 is 1.68 bits per heavy atom. The highest BCUT2D eigenvalue weighted by Crippen LogP contribution is 2.37. The van der Waals surface area contributed by atoms with E-state index in [1.807, 2.05) is 6.92 Å². The van der Waals surface area contributed by atoms with Crippen molar-refractivity contribution in [2.75, 3.05) is 39.9 Å². The topological polar surface area (TPSA) is 67.8 Å². The summed E-state index contributed by atoms with van der Waals surface area (Å²) in [4.78, 5) is 26.4. The van der Waals surface area contributed by atoms with Crippen LogP contribution < -0.4 is 4.74 Å². The molecule has 1 atom stereocenters. The third-order valence-electron chi connectivity index (χ3n) is 6.69. The number of carbonyl (C=O) groups excluding carboxylic acids is 1. The Morgan fingerprint density at radius 1 is 1.03 bits per heavy atom. The lowest BCUT2D eigenvalue weighted by Crippen LogP contribution is -2.50. The lowest BCUT2D eigenvalue weighted by molar-refractivity contribution is 0.0631. The average molecular weight is 469 g/mol. The molecule has 186 valence electrons. The molecule has 7 nitrogen and oxygen atoms in total. The average Bonchev–Trinajstić information content (AvgIpc) is 2.86. The van der Waals surface area contributed by atoms with Crippen molar-refractivity contribution in [3.8, 4) is 17.3 Å². The monoisotopic (exact) mass is 468 g/mol. The van der Waals surface area contributed by atoms with Gasteiger partial charge in [0.1, 0.15) is 0 Å². The number of ether oxygens (including phenoxy) is 2. The molecule has 2 aromatic rings. The predicted molar refractivity (Wildman–Crippen MR) is 135 cm³/mol. The molecule has 0 saturated carbocycles. The number of hydrogen-bond acceptors (Lipinski definition) is 6. The molecule has 7 heteroatoms. The highest BCUT2D eigenvalue weighted by Gasteiger charge is 2.31. The zero-order chi connectivity index (χ0) is 24.7. The number of aromatic nitrogens is 2. The van der Waals surface area contributed by atoms with Crippen molar-refractivity contribution in [3.05, 3.63) is 40.6 Å². The molecule has 0 bridgehead atoms. The molecule has 3 rings (SSSR count). The van der Waals surface area contributed by atoms with Crippen molar-refractivity contribution in [3.63, 3.8) is 0 Å². The van der Waals surface area contributed by atoms with Gasteiger partial charge >= 0.3 is 6.09 Å². The third kappa shape index (κ3) is 5.52. The van der Waals surface area contributed by atoms with Gasteiger partial charge in [0.15, 0.2) is 5.82 Å². The van der Waals surface area contributed by atoms with Crippen LogP contribution in [-0.4, -0.2) is 65.8 Å². The lowest BCUT2D eigenvalue weighted by atomic mass is 9.95. The molecule has 1 aromatic heterocycles. The van der Waals surface area contributed by atoms with E-state index >= 15 is 0 Å². The number of amides is 1. The summed E-state index contributed by atoms with van der Waals surface area (Å²) in [5.41, 5.74) is 5.67. The number of piperazine rings is 1. The molecule has 2 heterocycles. The number of carbonyl (C=O) groups is 1. The van der Waals surface area contributed by atoms with Crippen LogP contribution >= 0.6 is 0 Å². The largest absolute Gasteiger partial charge is 0.481 e. The molecule has 1 amide bonds. The molecular formula is C27H40N4O3. The first-order valence-corrected chi connectivity index (χ1v) is 12.7. The first kappa shape index (κ1) is 25.9. The van der Waals surface area contributed by atoms with Gasteiger partial charge in [0, 0.05) is 37.8 Å². The second-order valence-corrected chi connectivity index (χ2v) is 8.74. The molecule has 1 aliphatic rings. The van der Waals surface area contributed by atoms with E-state index in [1.54, 1.807) is 12.0 Å². The first-order valence-electron chi connectivity index (χ1n) is 12.7. The van der Waals surface area contributed by atoms with Crippen molar-refractivity contribution in [2.45, 2.75) is 66.3 Å². The highest BCUT2D eigenvalue weighted by molar-refractivity contribution is 5.68. The van der Waals surface area contributed by atoms with Gasteiger partial charge in [0.2, 0.25) is 5.88 Å². The second-order valence-electron chi connectivity index (χ2n) is 8.74. The number of rotatable bonds is 9. The summed E-state index contributed by atoms with van der Waals surface area (Å²) in [6.07, 6.45) is 3.64. The standard InChI is InChI=1S/C27H40N4O3/c1-7-12-22(30-15-17-31(18-16-30)27(32)34-10-4)23-19(5)28-25(29-26(23)33-6)24-20(8-2)13-11-14-21(24)9-3/h11,13-14,22H,7-10,12,15-18H2,1-6H3. The van der Waals surface area contributed by atoms with Crippen LogP contribution in [0.25, 0.3) is 11.4 Å². The second kappa shape index (κ2) is 12.2. The van der Waals surface area contributed by atoms with Gasteiger partial charge in [-0.2, -0.15) is 4.98 Å². The van der Waals surface area contributed by atoms with E-state index in [2.05, 4.69) is 50.8 Å². The Kier molecular flexibility index (Phi) is 9.28. The van der Waals surface area contributed by atoms with E-state index < -0.39 is 0 Å². The van der Waals surface area contributed by atoms with Crippen LogP contribution in [0.5, 0.6) is 5.88 Å². The highest BCUT2D eigenvalue weighted by atomic mass is 16.6. The quantitative estimate of drug-likeness (QED) is 0.504. The molecule has 1 fully saturated rings. The number of aryl methyl sites for hydroxylation is 3. The van der Waals surface area contributed by atoms with E-state index in [9.17, 15) is 4.79 Å². The van der Waals surface area contributed by atoms with Crippen LogP contribution in [0.1, 0.15) is 69.0 Å². The van der Waals surface area contributed by atoms with E-state index in [1.165, 1.54) is 11.1 Å². The summed E-state index contributed by atoms with van der Waals surface area (Å²) in [5, 5.41) is 0. The molecule has 1 unspecified atom stereocenters. The maximum atomic E-state index is 12.1. The van der Waals surface area contributed by atoms with Crippen molar-refractivity contribution in [1.29, 1.82) is 0 Å². The fraction of sp³-hybridized carbons (Fsp3) is 0.593. The third-order valence-corrected chi connectivity index (χ3v) is 6.69. The Morgan fingerprint density at radius 3 is 2.21 bits per heavy atom. The van der Waals surface area contributed by atoms with E-state index in [0.717, 1.165) is 61.4 Å². The van der Waals surface area contributed by atoms with Crippen LogP contribution in [-0.2, 0) is 17.6 Å². The molecule has 0 N–H and O–H groups in total. The minimum absolute atomic E-state index is 0.144. The molecule has 1 aromatic carbocycles. The van der Waals surface area contributed by atoms with Crippen molar-refractivity contribution in [1.82, 2.24) is 19.8 Å². The zero-order valence-corrected chi connectivity index (χ0v) is 21.7. The molecule has 0 radical (unpaired) electrons. The summed E-state index contributed by atoms with van der Waals surface area (Å²) in [6.45, 7) is 13.7. The minimum atomic E-state index is -0.225. The molecule has 1 aliphatic heterocycles. The zero-order valence-electron chi connectivity index (χ0n) is 21.7. The van der Waals surface area contributed by atoms with Gasteiger partial charge in [-0.3, -0.25) is 4.90 Å². The number of nitrogens with zero attached hydrogens (tertiary/aromatic N) is 4. The van der Waals surface area contributed by atoms with Gasteiger partial charge in [-0.05, 0) is 44.2 Å². The van der Waals surface area contributed by atoms with E-state index in [4.69, 9.17) is 19.4 Å². The SMILES string of the molecule is CCCC(c1c(C)nc(-c2c(CC)cccc2CC)nc1OC)N1CCN(C(=O)OCC)CC1. The predicted octanol–water partition coefficient (Wildman–Crippen LogP) is 5.20. The van der Waals surface area contributed by atoms with Gasteiger partial charge < -0.3 is 14.4 Å². The van der Waals surface area contributed by atoms with Crippen LogP contribution in [0.15, 0.2) is 18.2 Å². The fourth-order valence-corrected chi connectivity index (χ4v) is 4.95. The molecule has 34 heavy (non-hydrogen) atoms. The summed E-state index contributed by atoms with van der Waals surface area (Å²) < 4.78 is 11.1. The Balaban J connectivity index is 1.97. The van der Waals surface area contributed by atoms with Gasteiger partial charge in [-0.15, -0.1) is 0 Å². The van der Waals surface area contributed by atoms with Crippen molar-refractivity contribution >= 4 is 6.09 Å². The van der Waals surface area contributed by atoms with Crippen LogP contribution in [0, 0.1) is 6.92 Å². The van der Waals surface area contributed by atoms with E-state index in [-0.39, 0.29) is 12.1 Å². The molecule has 0 spiro atoms. The summed E-state index contributed by atoms with van der Waals surface area (Å²) in [6, 6.07) is 6.59. The summed E-state index contributed by atoms with van der Waals surface area (Å²) in [7, 11) is 1.70. The molecule has 1 saturated heterocycles. The van der Waals surface area contributed by atoms with Crippen molar-refractivity contribution in [2.24, 2.45) is 0 Å². The van der Waals surface area contributed by atoms with Gasteiger partial charge in [-0.25, -0.2) is 9.78 Å². The number of hydrogen-bond donors (Lipinski definition) is 0. The maximum Gasteiger partial charge on any atom is 0.409 e. The Labute approximate surface area is 204 Å². The Bertz CT molecular complexity index is 948. The minimum Gasteiger partial charge on any atom is -0.481 e. The van der Waals surface area contributed by atoms with Gasteiger partial charge in [0.25, 0.3) is 0 Å². The van der Waals surface area contributed by atoms with Gasteiger partial charge in [0.05, 0.1) is 25.0 Å². The number of benzene rings is 1. The summed E-state index contributed by atoms with van der Waals surface area (Å²) >= 11 is 0. The summed E-state index contributed by atoms with van der Waals surface area (Å²) in [5.74, 6) is 1.40. The number of methoxy groups -OCH3 is 1. The van der Waals surface area contributed by atoms with E-state index in [0.29, 0.717) is 25.6 Å². The fourth-order valence-electron chi connectivity index (χ4n) is 4.95. The molecular weight excluding hydrogens is 428 g/mol. The van der Waals surface area contributed by atoms with Crippen LogP contribution in [0.2, 0.25) is 0 Å². The van der Waals surface area contributed by atoms with Crippen molar-refractivity contribution < 1.29 is 14.3 Å². The smallest absolute Gasteiger partial charge is 0.409 e. The Hall–Kier alpha value is -2.67. The van der Waals surface area contributed by atoms with Crippen LogP contribution in [0.4, 0.5) is 4.79 Å². The van der Waals surface area contributed by atoms with Crippen LogP contribution in [0.3, 0.4) is 0 Å². The normalized spacial score (nSPS) is 15.3. The maximum absolute atomic E-state index is 12.1. The molecule has 0 aliphatic carbocycles. The van der Waals surface area contributed by atoms with Gasteiger partial charge in [-0.1, -0.05) is 45.4 Å². The lowest BCUT2D eigenvalue weighted by Gasteiger charge is -2.39. The first-order chi connectivity index (χ1) is 16.5.